The number of pyridine rings is 1. The van der Waals surface area contributed by atoms with Crippen molar-refractivity contribution in [2.24, 2.45) is 7.05 Å². The first kappa shape index (κ1) is 8.84. The molecule has 0 amide bonds. The summed E-state index contributed by atoms with van der Waals surface area (Å²) in [6.45, 7) is 1.94. The quantitative estimate of drug-likeness (QED) is 0.615. The maximum atomic E-state index is 11.6. The molecule has 0 radical (unpaired) electrons. The molecule has 0 saturated heterocycles. The lowest BCUT2D eigenvalue weighted by Crippen LogP contribution is -2.26. The molecule has 0 N–H and O–H groups in total. The van der Waals surface area contributed by atoms with Crippen molar-refractivity contribution in [1.29, 1.82) is 0 Å². The molecule has 0 bridgehead atoms. The van der Waals surface area contributed by atoms with E-state index in [0.29, 0.717) is 0 Å². The highest BCUT2D eigenvalue weighted by atomic mass is 16.1. The Labute approximate surface area is 72.2 Å². The second-order valence-corrected chi connectivity index (χ2v) is 3.16. The van der Waals surface area contributed by atoms with Gasteiger partial charge in [-0.05, 0) is 18.6 Å². The van der Waals surface area contributed by atoms with Gasteiger partial charge in [0, 0.05) is 27.3 Å². The Bertz CT molecular complexity index is 339. The van der Waals surface area contributed by atoms with E-state index in [-0.39, 0.29) is 5.56 Å². The predicted molar refractivity (Wildman–Crippen MR) is 50.7 cm³/mol. The van der Waals surface area contributed by atoms with Crippen molar-refractivity contribution in [3.05, 3.63) is 28.2 Å². The van der Waals surface area contributed by atoms with Gasteiger partial charge in [-0.3, -0.25) is 4.79 Å². The van der Waals surface area contributed by atoms with Crippen LogP contribution in [0.3, 0.4) is 0 Å². The van der Waals surface area contributed by atoms with Crippen molar-refractivity contribution < 1.29 is 0 Å². The van der Waals surface area contributed by atoms with E-state index >= 15 is 0 Å². The van der Waals surface area contributed by atoms with Gasteiger partial charge in [-0.1, -0.05) is 0 Å². The van der Waals surface area contributed by atoms with Gasteiger partial charge in [0.15, 0.2) is 0 Å². The number of aryl methyl sites for hydroxylation is 2. The van der Waals surface area contributed by atoms with E-state index in [2.05, 4.69) is 0 Å². The summed E-state index contributed by atoms with van der Waals surface area (Å²) < 4.78 is 1.59. The van der Waals surface area contributed by atoms with Crippen molar-refractivity contribution in [2.75, 3.05) is 19.0 Å². The summed E-state index contributed by atoms with van der Waals surface area (Å²) in [6.07, 6.45) is 1.78. The highest BCUT2D eigenvalue weighted by Gasteiger charge is 2.05. The number of aromatic nitrogens is 1. The summed E-state index contributed by atoms with van der Waals surface area (Å²) >= 11 is 0. The van der Waals surface area contributed by atoms with Gasteiger partial charge >= 0.3 is 0 Å². The Morgan fingerprint density at radius 3 is 2.42 bits per heavy atom. The molecule has 12 heavy (non-hydrogen) atoms. The molecule has 0 aromatic carbocycles. The summed E-state index contributed by atoms with van der Waals surface area (Å²) in [6, 6.07) is 1.94. The Morgan fingerprint density at radius 2 is 2.00 bits per heavy atom. The molecule has 3 heteroatoms. The number of anilines is 1. The zero-order valence-electron chi connectivity index (χ0n) is 7.96. The Morgan fingerprint density at radius 1 is 1.42 bits per heavy atom. The molecule has 1 aromatic rings. The molecule has 1 rings (SSSR count). The smallest absolute Gasteiger partial charge is 0.274 e. The summed E-state index contributed by atoms with van der Waals surface area (Å²) in [4.78, 5) is 13.4. The van der Waals surface area contributed by atoms with E-state index in [1.54, 1.807) is 17.8 Å². The highest BCUT2D eigenvalue weighted by molar-refractivity contribution is 5.49. The van der Waals surface area contributed by atoms with Crippen LogP contribution in [0.2, 0.25) is 0 Å². The first-order chi connectivity index (χ1) is 5.54. The third kappa shape index (κ3) is 1.35. The summed E-state index contributed by atoms with van der Waals surface area (Å²) in [5, 5.41) is 0. The van der Waals surface area contributed by atoms with Crippen LogP contribution in [-0.2, 0) is 7.05 Å². The van der Waals surface area contributed by atoms with Crippen molar-refractivity contribution in [3.8, 4) is 0 Å². The molecule has 0 aliphatic carbocycles. The summed E-state index contributed by atoms with van der Waals surface area (Å²) in [5.74, 6) is 0. The summed E-state index contributed by atoms with van der Waals surface area (Å²) in [5.41, 5.74) is 1.84. The Balaban J connectivity index is 3.44. The Kier molecular flexibility index (Phi) is 2.22. The minimum Gasteiger partial charge on any atom is -0.373 e. The van der Waals surface area contributed by atoms with Crippen LogP contribution in [0, 0.1) is 6.92 Å². The molecule has 0 spiro atoms. The van der Waals surface area contributed by atoms with Crippen LogP contribution in [0.5, 0.6) is 0 Å². The largest absolute Gasteiger partial charge is 0.373 e. The Hall–Kier alpha value is -1.25. The molecule has 0 atom stereocenters. The number of rotatable bonds is 1. The van der Waals surface area contributed by atoms with Crippen molar-refractivity contribution in [3.63, 3.8) is 0 Å². The van der Waals surface area contributed by atoms with Gasteiger partial charge in [-0.25, -0.2) is 0 Å². The molecule has 1 heterocycles. The summed E-state index contributed by atoms with van der Waals surface area (Å²) in [7, 11) is 5.52. The van der Waals surface area contributed by atoms with E-state index < -0.39 is 0 Å². The van der Waals surface area contributed by atoms with Crippen LogP contribution in [0.4, 0.5) is 5.69 Å². The molecular weight excluding hydrogens is 152 g/mol. The van der Waals surface area contributed by atoms with Crippen LogP contribution in [0.25, 0.3) is 0 Å². The topological polar surface area (TPSA) is 25.2 Å². The SMILES string of the molecule is Cc1ccn(C)c(=O)c1N(C)C. The first-order valence-corrected chi connectivity index (χ1v) is 3.87. The van der Waals surface area contributed by atoms with Gasteiger partial charge < -0.3 is 9.47 Å². The third-order valence-corrected chi connectivity index (χ3v) is 1.89. The lowest BCUT2D eigenvalue weighted by atomic mass is 10.2. The van der Waals surface area contributed by atoms with E-state index in [1.165, 1.54) is 0 Å². The molecule has 0 aliphatic rings. The fourth-order valence-electron chi connectivity index (χ4n) is 1.25. The van der Waals surface area contributed by atoms with Crippen LogP contribution < -0.4 is 10.5 Å². The second-order valence-electron chi connectivity index (χ2n) is 3.16. The van der Waals surface area contributed by atoms with Crippen molar-refractivity contribution >= 4 is 5.69 Å². The normalized spacial score (nSPS) is 10.0. The maximum absolute atomic E-state index is 11.6. The molecule has 0 saturated carbocycles. The maximum Gasteiger partial charge on any atom is 0.274 e. The van der Waals surface area contributed by atoms with Gasteiger partial charge in [0.05, 0.1) is 0 Å². The lowest BCUT2D eigenvalue weighted by molar-refractivity contribution is 0.846. The fraction of sp³-hybridized carbons (Fsp3) is 0.444. The minimum atomic E-state index is 0.0556. The second kappa shape index (κ2) is 3.01. The molecule has 66 valence electrons. The van der Waals surface area contributed by atoms with Crippen LogP contribution >= 0.6 is 0 Å². The first-order valence-electron chi connectivity index (χ1n) is 3.87. The van der Waals surface area contributed by atoms with E-state index in [0.717, 1.165) is 11.3 Å². The van der Waals surface area contributed by atoms with Crippen molar-refractivity contribution in [2.45, 2.75) is 6.92 Å². The number of nitrogens with zero attached hydrogens (tertiary/aromatic N) is 2. The standard InChI is InChI=1S/C9H14N2O/c1-7-5-6-11(4)9(12)8(7)10(2)3/h5-6H,1-4H3. The van der Waals surface area contributed by atoms with Gasteiger partial charge in [-0.2, -0.15) is 0 Å². The van der Waals surface area contributed by atoms with E-state index in [1.807, 2.05) is 32.0 Å². The van der Waals surface area contributed by atoms with Gasteiger partial charge in [0.1, 0.15) is 5.69 Å². The van der Waals surface area contributed by atoms with Crippen LogP contribution in [-0.4, -0.2) is 18.7 Å². The monoisotopic (exact) mass is 166 g/mol. The zero-order chi connectivity index (χ0) is 9.30. The van der Waals surface area contributed by atoms with Gasteiger partial charge in [0.25, 0.3) is 5.56 Å². The number of hydrogen-bond donors (Lipinski definition) is 0. The highest BCUT2D eigenvalue weighted by Crippen LogP contribution is 2.09. The average molecular weight is 166 g/mol. The average Bonchev–Trinajstić information content (AvgIpc) is 1.97. The molecule has 0 aliphatic heterocycles. The minimum absolute atomic E-state index is 0.0556. The van der Waals surface area contributed by atoms with Gasteiger partial charge in [-0.15, -0.1) is 0 Å². The zero-order valence-corrected chi connectivity index (χ0v) is 7.96. The predicted octanol–water partition coefficient (Wildman–Crippen LogP) is 0.760. The molecule has 1 aromatic heterocycles. The van der Waals surface area contributed by atoms with Gasteiger partial charge in [0.2, 0.25) is 0 Å². The van der Waals surface area contributed by atoms with Crippen molar-refractivity contribution in [1.82, 2.24) is 4.57 Å². The fourth-order valence-corrected chi connectivity index (χ4v) is 1.25. The molecular formula is C9H14N2O. The number of hydrogen-bond acceptors (Lipinski definition) is 2. The molecule has 0 unspecified atom stereocenters. The van der Waals surface area contributed by atoms with E-state index in [9.17, 15) is 4.79 Å². The van der Waals surface area contributed by atoms with Crippen LogP contribution in [0.1, 0.15) is 5.56 Å². The molecule has 0 fully saturated rings. The van der Waals surface area contributed by atoms with Crippen LogP contribution in [0.15, 0.2) is 17.1 Å². The molecule has 3 nitrogen and oxygen atoms in total. The van der Waals surface area contributed by atoms with E-state index in [4.69, 9.17) is 0 Å². The lowest BCUT2D eigenvalue weighted by Gasteiger charge is -2.14. The third-order valence-electron chi connectivity index (χ3n) is 1.89.